The van der Waals surface area contributed by atoms with E-state index in [-0.39, 0.29) is 13.4 Å². The molecule has 0 aromatic heterocycles. The number of methoxy groups -OCH3 is 1. The third-order valence-corrected chi connectivity index (χ3v) is 3.20. The van der Waals surface area contributed by atoms with Gasteiger partial charge in [0, 0.05) is 18.7 Å². The van der Waals surface area contributed by atoms with Crippen molar-refractivity contribution in [3.05, 3.63) is 71.6 Å². The van der Waals surface area contributed by atoms with Crippen LogP contribution in [0.1, 0.15) is 18.1 Å². The highest BCUT2D eigenvalue weighted by molar-refractivity contribution is 5.97. The summed E-state index contributed by atoms with van der Waals surface area (Å²) in [5.74, 6) is -0.517. The van der Waals surface area contributed by atoms with Crippen LogP contribution >= 0.6 is 0 Å². The molecule has 126 valence electrons. The number of carbonyl (C=O) groups excluding carboxylic acids is 1. The van der Waals surface area contributed by atoms with E-state index in [4.69, 9.17) is 14.2 Å². The summed E-state index contributed by atoms with van der Waals surface area (Å²) in [5, 5.41) is 0. The second kappa shape index (κ2) is 8.84. The van der Waals surface area contributed by atoms with E-state index in [0.717, 1.165) is 5.56 Å². The predicted molar refractivity (Wildman–Crippen MR) is 89.1 cm³/mol. The van der Waals surface area contributed by atoms with Crippen molar-refractivity contribution in [2.24, 2.45) is 0 Å². The lowest BCUT2D eigenvalue weighted by Crippen LogP contribution is -2.05. The van der Waals surface area contributed by atoms with E-state index in [1.807, 2.05) is 30.3 Å². The van der Waals surface area contributed by atoms with Crippen LogP contribution in [0, 0.1) is 5.82 Å². The predicted octanol–water partition coefficient (Wildman–Crippen LogP) is 3.80. The van der Waals surface area contributed by atoms with E-state index < -0.39 is 11.8 Å². The standard InChI is InChI=1S/C19H19FO4/c1-3-23-19(21)12-16(14-7-5-4-6-8-14)17-11-15(20)9-10-18(17)24-13-22-2/h4-12H,3,13H2,1-2H3. The lowest BCUT2D eigenvalue weighted by Gasteiger charge is -2.14. The highest BCUT2D eigenvalue weighted by atomic mass is 19.1. The number of ether oxygens (including phenoxy) is 3. The normalized spacial score (nSPS) is 11.2. The van der Waals surface area contributed by atoms with Crippen LogP contribution in [0.2, 0.25) is 0 Å². The molecule has 0 heterocycles. The Morgan fingerprint density at radius 2 is 1.92 bits per heavy atom. The van der Waals surface area contributed by atoms with Crippen molar-refractivity contribution in [2.45, 2.75) is 6.92 Å². The van der Waals surface area contributed by atoms with Crippen molar-refractivity contribution < 1.29 is 23.4 Å². The molecule has 2 aromatic rings. The minimum atomic E-state index is -0.502. The van der Waals surface area contributed by atoms with Gasteiger partial charge >= 0.3 is 5.97 Å². The van der Waals surface area contributed by atoms with Gasteiger partial charge in [-0.05, 0) is 36.3 Å². The number of halogens is 1. The molecule has 0 saturated carbocycles. The van der Waals surface area contributed by atoms with Crippen molar-refractivity contribution in [3.8, 4) is 5.75 Å². The molecule has 0 spiro atoms. The van der Waals surface area contributed by atoms with Gasteiger partial charge in [0.25, 0.3) is 0 Å². The van der Waals surface area contributed by atoms with Crippen LogP contribution in [0.25, 0.3) is 5.57 Å². The first-order valence-corrected chi connectivity index (χ1v) is 7.51. The van der Waals surface area contributed by atoms with Gasteiger partial charge in [-0.3, -0.25) is 0 Å². The summed E-state index contributed by atoms with van der Waals surface area (Å²) in [7, 11) is 1.50. The van der Waals surface area contributed by atoms with Crippen molar-refractivity contribution >= 4 is 11.5 Å². The molecule has 0 aliphatic heterocycles. The van der Waals surface area contributed by atoms with Gasteiger partial charge in [-0.1, -0.05) is 30.3 Å². The van der Waals surface area contributed by atoms with Gasteiger partial charge in [0.15, 0.2) is 6.79 Å². The average Bonchev–Trinajstić information content (AvgIpc) is 2.59. The highest BCUT2D eigenvalue weighted by Crippen LogP contribution is 2.32. The molecule has 0 atom stereocenters. The van der Waals surface area contributed by atoms with Gasteiger partial charge in [0.2, 0.25) is 0 Å². The maximum absolute atomic E-state index is 13.8. The molecule has 0 amide bonds. The van der Waals surface area contributed by atoms with Crippen LogP contribution in [-0.4, -0.2) is 26.5 Å². The largest absolute Gasteiger partial charge is 0.467 e. The maximum Gasteiger partial charge on any atom is 0.331 e. The fourth-order valence-corrected chi connectivity index (χ4v) is 2.20. The van der Waals surface area contributed by atoms with E-state index >= 15 is 0 Å². The summed E-state index contributed by atoms with van der Waals surface area (Å²) < 4.78 is 29.2. The summed E-state index contributed by atoms with van der Waals surface area (Å²) in [6.07, 6.45) is 1.34. The fraction of sp³-hybridized carbons (Fsp3) is 0.211. The third-order valence-electron chi connectivity index (χ3n) is 3.20. The van der Waals surface area contributed by atoms with Crippen LogP contribution in [-0.2, 0) is 14.3 Å². The Morgan fingerprint density at radius 3 is 2.58 bits per heavy atom. The molecule has 0 aliphatic rings. The van der Waals surface area contributed by atoms with Gasteiger partial charge in [-0.15, -0.1) is 0 Å². The van der Waals surface area contributed by atoms with Gasteiger partial charge in [0.05, 0.1) is 6.61 Å². The monoisotopic (exact) mass is 330 g/mol. The Balaban J connectivity index is 2.55. The maximum atomic E-state index is 13.8. The molecule has 0 saturated heterocycles. The Hall–Kier alpha value is -2.66. The summed E-state index contributed by atoms with van der Waals surface area (Å²) in [4.78, 5) is 12.0. The Bertz CT molecular complexity index is 711. The molecule has 0 aliphatic carbocycles. The zero-order chi connectivity index (χ0) is 17.4. The third kappa shape index (κ3) is 4.67. The zero-order valence-electron chi connectivity index (χ0n) is 13.6. The summed E-state index contributed by atoms with van der Waals surface area (Å²) in [6, 6.07) is 13.3. The number of carbonyl (C=O) groups is 1. The smallest absolute Gasteiger partial charge is 0.331 e. The molecule has 4 nitrogen and oxygen atoms in total. The van der Waals surface area contributed by atoms with E-state index in [1.54, 1.807) is 6.92 Å². The lowest BCUT2D eigenvalue weighted by molar-refractivity contribution is -0.137. The van der Waals surface area contributed by atoms with Crippen LogP contribution in [0.15, 0.2) is 54.6 Å². The van der Waals surface area contributed by atoms with Crippen molar-refractivity contribution in [2.75, 3.05) is 20.5 Å². The molecule has 0 unspecified atom stereocenters. The molecule has 24 heavy (non-hydrogen) atoms. The van der Waals surface area contributed by atoms with E-state index in [2.05, 4.69) is 0 Å². The molecular formula is C19H19FO4. The van der Waals surface area contributed by atoms with Gasteiger partial charge < -0.3 is 14.2 Å². The highest BCUT2D eigenvalue weighted by Gasteiger charge is 2.15. The zero-order valence-corrected chi connectivity index (χ0v) is 13.6. The molecule has 5 heteroatoms. The van der Waals surface area contributed by atoms with Gasteiger partial charge in [-0.2, -0.15) is 0 Å². The number of hydrogen-bond donors (Lipinski definition) is 0. The van der Waals surface area contributed by atoms with Crippen LogP contribution in [0.3, 0.4) is 0 Å². The van der Waals surface area contributed by atoms with Gasteiger partial charge in [0.1, 0.15) is 11.6 Å². The fourth-order valence-electron chi connectivity index (χ4n) is 2.20. The van der Waals surface area contributed by atoms with Crippen molar-refractivity contribution in [3.63, 3.8) is 0 Å². The summed E-state index contributed by atoms with van der Waals surface area (Å²) in [5.41, 5.74) is 1.71. The Labute approximate surface area is 140 Å². The summed E-state index contributed by atoms with van der Waals surface area (Å²) >= 11 is 0. The number of benzene rings is 2. The first-order valence-electron chi connectivity index (χ1n) is 7.51. The number of hydrogen-bond acceptors (Lipinski definition) is 4. The van der Waals surface area contributed by atoms with E-state index in [0.29, 0.717) is 16.9 Å². The van der Waals surface area contributed by atoms with Crippen molar-refractivity contribution in [1.82, 2.24) is 0 Å². The second-order valence-corrected chi connectivity index (χ2v) is 4.87. The number of rotatable bonds is 7. The van der Waals surface area contributed by atoms with Gasteiger partial charge in [-0.25, -0.2) is 9.18 Å². The SMILES string of the molecule is CCOC(=O)C=C(c1ccccc1)c1cc(F)ccc1OCOC. The molecular weight excluding hydrogens is 311 g/mol. The quantitative estimate of drug-likeness (QED) is 0.440. The van der Waals surface area contributed by atoms with E-state index in [1.165, 1.54) is 31.4 Å². The molecule has 0 fully saturated rings. The topological polar surface area (TPSA) is 44.8 Å². The minimum absolute atomic E-state index is 0.0140. The molecule has 0 bridgehead atoms. The molecule has 0 N–H and O–H groups in total. The van der Waals surface area contributed by atoms with Crippen molar-refractivity contribution in [1.29, 1.82) is 0 Å². The lowest BCUT2D eigenvalue weighted by atomic mass is 9.96. The Morgan fingerprint density at radius 1 is 1.17 bits per heavy atom. The van der Waals surface area contributed by atoms with Crippen LogP contribution < -0.4 is 4.74 Å². The first-order chi connectivity index (χ1) is 11.7. The van der Waals surface area contributed by atoms with Crippen LogP contribution in [0.4, 0.5) is 4.39 Å². The molecule has 0 radical (unpaired) electrons. The second-order valence-electron chi connectivity index (χ2n) is 4.87. The van der Waals surface area contributed by atoms with Crippen LogP contribution in [0.5, 0.6) is 5.75 Å². The number of esters is 1. The Kier molecular flexibility index (Phi) is 6.51. The summed E-state index contributed by atoms with van der Waals surface area (Å²) in [6.45, 7) is 2.00. The molecule has 2 rings (SSSR count). The molecule has 2 aromatic carbocycles. The van der Waals surface area contributed by atoms with E-state index in [9.17, 15) is 9.18 Å². The minimum Gasteiger partial charge on any atom is -0.467 e. The average molecular weight is 330 g/mol. The first kappa shape index (κ1) is 17.7.